The van der Waals surface area contributed by atoms with E-state index in [9.17, 15) is 9.59 Å². The molecule has 0 radical (unpaired) electrons. The van der Waals surface area contributed by atoms with Crippen LogP contribution >= 0.6 is 11.6 Å². The normalized spacial score (nSPS) is 13.2. The molecule has 1 aromatic carbocycles. The van der Waals surface area contributed by atoms with E-state index in [1.165, 1.54) is 14.0 Å². The van der Waals surface area contributed by atoms with Gasteiger partial charge >= 0.3 is 5.97 Å². The maximum Gasteiger partial charge on any atom is 0.330 e. The summed E-state index contributed by atoms with van der Waals surface area (Å²) >= 11 is 6.06. The Morgan fingerprint density at radius 2 is 1.95 bits per heavy atom. The Kier molecular flexibility index (Phi) is 6.45. The first kappa shape index (κ1) is 17.3. The molecule has 0 aliphatic rings. The largest absolute Gasteiger partial charge is 0.435 e. The lowest BCUT2D eigenvalue weighted by atomic mass is 10.2. The Balaban J connectivity index is 2.76. The van der Waals surface area contributed by atoms with Gasteiger partial charge in [0.1, 0.15) is 6.04 Å². The number of esters is 1. The fourth-order valence-corrected chi connectivity index (χ4v) is 1.69. The van der Waals surface area contributed by atoms with Gasteiger partial charge in [-0.2, -0.15) is 0 Å². The maximum absolute atomic E-state index is 11.8. The first-order valence-corrected chi connectivity index (χ1v) is 6.78. The highest BCUT2D eigenvalue weighted by molar-refractivity contribution is 6.33. The van der Waals surface area contributed by atoms with Crippen LogP contribution in [0.3, 0.4) is 0 Å². The Morgan fingerprint density at radius 3 is 2.52 bits per heavy atom. The average molecular weight is 315 g/mol. The van der Waals surface area contributed by atoms with Crippen LogP contribution in [0.4, 0.5) is 11.4 Å². The summed E-state index contributed by atoms with van der Waals surface area (Å²) in [7, 11) is 1.45. The second-order valence-corrected chi connectivity index (χ2v) is 4.89. The van der Waals surface area contributed by atoms with Gasteiger partial charge in [-0.1, -0.05) is 11.6 Å². The summed E-state index contributed by atoms with van der Waals surface area (Å²) in [6, 6.07) is 4.33. The van der Waals surface area contributed by atoms with Crippen LogP contribution in [0.25, 0.3) is 0 Å². The molecule has 0 heterocycles. The molecule has 1 rings (SSSR count). The van der Waals surface area contributed by atoms with E-state index in [4.69, 9.17) is 21.1 Å². The molecule has 1 amide bonds. The summed E-state index contributed by atoms with van der Waals surface area (Å²) in [5, 5.41) is 6.02. The Hall–Kier alpha value is -1.79. The monoisotopic (exact) mass is 314 g/mol. The van der Waals surface area contributed by atoms with Crippen molar-refractivity contribution in [3.05, 3.63) is 23.2 Å². The summed E-state index contributed by atoms with van der Waals surface area (Å²) < 4.78 is 9.90. The van der Waals surface area contributed by atoms with Gasteiger partial charge in [0.2, 0.25) is 5.91 Å². The fraction of sp³-hybridized carbons (Fsp3) is 0.429. The highest BCUT2D eigenvalue weighted by Gasteiger charge is 2.18. The van der Waals surface area contributed by atoms with Crippen molar-refractivity contribution in [3.63, 3.8) is 0 Å². The zero-order valence-electron chi connectivity index (χ0n) is 12.4. The number of rotatable bonds is 6. The molecule has 116 valence electrons. The molecular weight excluding hydrogens is 296 g/mol. The molecule has 0 aliphatic carbocycles. The van der Waals surface area contributed by atoms with Gasteiger partial charge in [0.05, 0.1) is 10.7 Å². The first-order chi connectivity index (χ1) is 9.83. The SMILES string of the molecule is COC(C)OC(=O)C(C)Nc1cc(NC(C)=O)ccc1Cl. The van der Waals surface area contributed by atoms with Gasteiger partial charge < -0.3 is 20.1 Å². The lowest BCUT2D eigenvalue weighted by molar-refractivity contribution is -0.170. The third-order valence-electron chi connectivity index (χ3n) is 2.63. The third kappa shape index (κ3) is 5.61. The van der Waals surface area contributed by atoms with Crippen molar-refractivity contribution >= 4 is 34.9 Å². The van der Waals surface area contributed by atoms with Crippen molar-refractivity contribution in [2.24, 2.45) is 0 Å². The van der Waals surface area contributed by atoms with Crippen molar-refractivity contribution in [1.29, 1.82) is 0 Å². The number of halogens is 1. The zero-order valence-corrected chi connectivity index (χ0v) is 13.2. The molecule has 6 nitrogen and oxygen atoms in total. The first-order valence-electron chi connectivity index (χ1n) is 6.40. The summed E-state index contributed by atoms with van der Waals surface area (Å²) in [4.78, 5) is 22.9. The number of nitrogens with one attached hydrogen (secondary N) is 2. The van der Waals surface area contributed by atoms with E-state index < -0.39 is 18.3 Å². The van der Waals surface area contributed by atoms with Crippen LogP contribution in [-0.2, 0) is 19.1 Å². The van der Waals surface area contributed by atoms with E-state index in [0.29, 0.717) is 16.4 Å². The summed E-state index contributed by atoms with van der Waals surface area (Å²) in [6.45, 7) is 4.68. The Labute approximate surface area is 128 Å². The number of benzene rings is 1. The minimum absolute atomic E-state index is 0.190. The van der Waals surface area contributed by atoms with E-state index in [2.05, 4.69) is 10.6 Å². The molecule has 0 spiro atoms. The third-order valence-corrected chi connectivity index (χ3v) is 2.96. The minimum atomic E-state index is -0.622. The van der Waals surface area contributed by atoms with Crippen molar-refractivity contribution in [2.45, 2.75) is 33.1 Å². The molecule has 2 atom stereocenters. The van der Waals surface area contributed by atoms with Crippen LogP contribution in [0.1, 0.15) is 20.8 Å². The highest BCUT2D eigenvalue weighted by atomic mass is 35.5. The van der Waals surface area contributed by atoms with E-state index in [0.717, 1.165) is 0 Å². The Bertz CT molecular complexity index is 522. The molecule has 0 saturated carbocycles. The van der Waals surface area contributed by atoms with Gasteiger partial charge in [-0.15, -0.1) is 0 Å². The van der Waals surface area contributed by atoms with Crippen molar-refractivity contribution in [2.75, 3.05) is 17.7 Å². The number of amides is 1. The second kappa shape index (κ2) is 7.85. The number of carbonyl (C=O) groups is 2. The molecular formula is C14H19ClN2O4. The predicted octanol–water partition coefficient (Wildman–Crippen LogP) is 2.63. The van der Waals surface area contributed by atoms with Gasteiger partial charge in [-0.25, -0.2) is 4.79 Å². The number of methoxy groups -OCH3 is 1. The van der Waals surface area contributed by atoms with Crippen LogP contribution in [0.5, 0.6) is 0 Å². The van der Waals surface area contributed by atoms with Crippen LogP contribution < -0.4 is 10.6 Å². The maximum atomic E-state index is 11.8. The van der Waals surface area contributed by atoms with Gasteiger partial charge in [-0.05, 0) is 32.0 Å². The molecule has 7 heteroatoms. The molecule has 0 bridgehead atoms. The van der Waals surface area contributed by atoms with Crippen LogP contribution in [0.15, 0.2) is 18.2 Å². The molecule has 2 N–H and O–H groups in total. The highest BCUT2D eigenvalue weighted by Crippen LogP contribution is 2.26. The standard InChI is InChI=1S/C14H19ClN2O4/c1-8(14(19)21-10(3)20-4)16-13-7-11(17-9(2)18)5-6-12(13)15/h5-8,10,16H,1-4H3,(H,17,18). The van der Waals surface area contributed by atoms with Crippen LogP contribution in [-0.4, -0.2) is 31.3 Å². The number of hydrogen-bond acceptors (Lipinski definition) is 5. The quantitative estimate of drug-likeness (QED) is 0.623. The van der Waals surface area contributed by atoms with Gasteiger partial charge in [-0.3, -0.25) is 4.79 Å². The zero-order chi connectivity index (χ0) is 16.0. The number of hydrogen-bond donors (Lipinski definition) is 2. The second-order valence-electron chi connectivity index (χ2n) is 4.48. The smallest absolute Gasteiger partial charge is 0.330 e. The molecule has 1 aromatic rings. The van der Waals surface area contributed by atoms with E-state index in [-0.39, 0.29) is 5.91 Å². The van der Waals surface area contributed by atoms with Gasteiger partial charge in [0.15, 0.2) is 6.29 Å². The summed E-state index contributed by atoms with van der Waals surface area (Å²) in [5.74, 6) is -0.657. The van der Waals surface area contributed by atoms with Gasteiger partial charge in [0.25, 0.3) is 0 Å². The van der Waals surface area contributed by atoms with Gasteiger partial charge in [0, 0.05) is 19.7 Å². The number of anilines is 2. The van der Waals surface area contributed by atoms with Crippen molar-refractivity contribution in [3.8, 4) is 0 Å². The number of ether oxygens (including phenoxy) is 2. The molecule has 0 fully saturated rings. The fourth-order valence-electron chi connectivity index (χ4n) is 1.52. The summed E-state index contributed by atoms with van der Waals surface area (Å²) in [5.41, 5.74) is 1.11. The Morgan fingerprint density at radius 1 is 1.29 bits per heavy atom. The van der Waals surface area contributed by atoms with E-state index >= 15 is 0 Å². The topological polar surface area (TPSA) is 76.7 Å². The minimum Gasteiger partial charge on any atom is -0.435 e. The molecule has 0 aliphatic heterocycles. The average Bonchev–Trinajstić information content (AvgIpc) is 2.41. The molecule has 0 saturated heterocycles. The van der Waals surface area contributed by atoms with E-state index in [1.54, 1.807) is 32.0 Å². The lowest BCUT2D eigenvalue weighted by Gasteiger charge is -2.18. The summed E-state index contributed by atoms with van der Waals surface area (Å²) in [6.07, 6.45) is -0.622. The van der Waals surface area contributed by atoms with E-state index in [1.807, 2.05) is 0 Å². The van der Waals surface area contributed by atoms with Crippen LogP contribution in [0, 0.1) is 0 Å². The van der Waals surface area contributed by atoms with Crippen molar-refractivity contribution in [1.82, 2.24) is 0 Å². The number of carbonyl (C=O) groups excluding carboxylic acids is 2. The molecule has 0 aromatic heterocycles. The molecule has 2 unspecified atom stereocenters. The predicted molar refractivity (Wildman–Crippen MR) is 81.4 cm³/mol. The van der Waals surface area contributed by atoms with Crippen LogP contribution in [0.2, 0.25) is 5.02 Å². The lowest BCUT2D eigenvalue weighted by Crippen LogP contribution is -2.31. The molecule has 21 heavy (non-hydrogen) atoms. The van der Waals surface area contributed by atoms with Crippen molar-refractivity contribution < 1.29 is 19.1 Å².